The molecule has 1 fully saturated rings. The summed E-state index contributed by atoms with van der Waals surface area (Å²) in [5.41, 5.74) is 14.5. The van der Waals surface area contributed by atoms with Crippen molar-refractivity contribution < 1.29 is 5.11 Å². The normalized spacial score (nSPS) is 16.4. The molecular formula is C12H14N6O. The van der Waals surface area contributed by atoms with Gasteiger partial charge in [0.25, 0.3) is 0 Å². The molecule has 98 valence electrons. The minimum absolute atomic E-state index is 0.202. The van der Waals surface area contributed by atoms with Gasteiger partial charge >= 0.3 is 0 Å². The quantitative estimate of drug-likeness (QED) is 0.339. The Balaban J connectivity index is 1.86. The monoisotopic (exact) mass is 258 g/mol. The number of hydrazine groups is 3. The van der Waals surface area contributed by atoms with Crippen molar-refractivity contribution in [3.63, 3.8) is 0 Å². The van der Waals surface area contributed by atoms with Crippen LogP contribution in [0.5, 0.6) is 5.75 Å². The zero-order chi connectivity index (χ0) is 13.1. The number of aromatic hydroxyl groups is 1. The standard InChI is InChI=1S/C12H14N6O/c19-11-6-5-8-3-1-2-4-9(8)10(11)7-13-14-12-15-17-18-16-12/h1-7,12,14-19H/b13-7+. The molecular weight excluding hydrogens is 244 g/mol. The molecule has 1 heterocycles. The zero-order valence-corrected chi connectivity index (χ0v) is 10.0. The second kappa shape index (κ2) is 5.21. The van der Waals surface area contributed by atoms with Crippen molar-refractivity contribution in [1.82, 2.24) is 27.3 Å². The first-order valence-electron chi connectivity index (χ1n) is 5.85. The summed E-state index contributed by atoms with van der Waals surface area (Å²) in [4.78, 5) is 0. The molecule has 0 spiro atoms. The van der Waals surface area contributed by atoms with Crippen molar-refractivity contribution in [1.29, 1.82) is 0 Å². The molecule has 0 aromatic heterocycles. The molecule has 7 heteroatoms. The van der Waals surface area contributed by atoms with E-state index in [0.717, 1.165) is 10.8 Å². The van der Waals surface area contributed by atoms with E-state index >= 15 is 0 Å². The second-order valence-electron chi connectivity index (χ2n) is 4.08. The lowest BCUT2D eigenvalue weighted by molar-refractivity contribution is 0.438. The van der Waals surface area contributed by atoms with Crippen molar-refractivity contribution in [2.75, 3.05) is 0 Å². The Morgan fingerprint density at radius 3 is 2.74 bits per heavy atom. The molecule has 1 saturated heterocycles. The topological polar surface area (TPSA) is 92.7 Å². The number of hydrogen-bond donors (Lipinski definition) is 6. The summed E-state index contributed by atoms with van der Waals surface area (Å²) < 4.78 is 0. The number of nitrogens with one attached hydrogen (secondary N) is 5. The van der Waals surface area contributed by atoms with Crippen LogP contribution in [0.4, 0.5) is 0 Å². The van der Waals surface area contributed by atoms with Gasteiger partial charge < -0.3 is 5.11 Å². The molecule has 2 aromatic carbocycles. The summed E-state index contributed by atoms with van der Waals surface area (Å²) in [5.74, 6) is 0.202. The van der Waals surface area contributed by atoms with Gasteiger partial charge in [-0.2, -0.15) is 16.2 Å². The van der Waals surface area contributed by atoms with E-state index in [2.05, 4.69) is 32.4 Å². The number of hydrazone groups is 1. The van der Waals surface area contributed by atoms with Gasteiger partial charge in [-0.15, -0.1) is 0 Å². The Hall–Kier alpha value is -2.19. The molecule has 0 bridgehead atoms. The van der Waals surface area contributed by atoms with Crippen LogP contribution in [0.2, 0.25) is 0 Å². The molecule has 0 radical (unpaired) electrons. The number of hydrogen-bond acceptors (Lipinski definition) is 7. The fourth-order valence-electron chi connectivity index (χ4n) is 1.91. The first kappa shape index (κ1) is 11.9. The third-order valence-electron chi connectivity index (χ3n) is 2.84. The van der Waals surface area contributed by atoms with Crippen LogP contribution in [0.3, 0.4) is 0 Å². The van der Waals surface area contributed by atoms with Crippen LogP contribution in [-0.4, -0.2) is 17.6 Å². The highest BCUT2D eigenvalue weighted by molar-refractivity contribution is 6.02. The molecule has 3 rings (SSSR count). The van der Waals surface area contributed by atoms with Crippen LogP contribution in [0, 0.1) is 0 Å². The zero-order valence-electron chi connectivity index (χ0n) is 10.0. The Kier molecular flexibility index (Phi) is 3.25. The average Bonchev–Trinajstić information content (AvgIpc) is 2.94. The number of rotatable bonds is 3. The average molecular weight is 258 g/mol. The predicted octanol–water partition coefficient (Wildman–Crippen LogP) is -0.131. The number of phenolic OH excluding ortho intramolecular Hbond substituents is 1. The van der Waals surface area contributed by atoms with E-state index in [9.17, 15) is 5.11 Å². The lowest BCUT2D eigenvalue weighted by Crippen LogP contribution is -2.44. The fourth-order valence-corrected chi connectivity index (χ4v) is 1.91. The maximum atomic E-state index is 9.93. The van der Waals surface area contributed by atoms with E-state index in [-0.39, 0.29) is 12.0 Å². The Labute approximate surface area is 109 Å². The van der Waals surface area contributed by atoms with Gasteiger partial charge in [0.2, 0.25) is 0 Å². The minimum Gasteiger partial charge on any atom is -0.507 e. The van der Waals surface area contributed by atoms with E-state index in [1.165, 1.54) is 0 Å². The van der Waals surface area contributed by atoms with E-state index in [0.29, 0.717) is 5.56 Å². The summed E-state index contributed by atoms with van der Waals surface area (Å²) in [5, 5.41) is 16.0. The maximum absolute atomic E-state index is 9.93. The molecule has 7 nitrogen and oxygen atoms in total. The van der Waals surface area contributed by atoms with Gasteiger partial charge in [-0.1, -0.05) is 30.3 Å². The number of fused-ring (bicyclic) bond motifs is 1. The van der Waals surface area contributed by atoms with Gasteiger partial charge in [0, 0.05) is 5.56 Å². The van der Waals surface area contributed by atoms with Gasteiger partial charge in [-0.05, 0) is 16.8 Å². The fraction of sp³-hybridized carbons (Fsp3) is 0.0833. The van der Waals surface area contributed by atoms with Gasteiger partial charge in [0.1, 0.15) is 5.75 Å². The van der Waals surface area contributed by atoms with E-state index in [1.54, 1.807) is 12.3 Å². The summed E-state index contributed by atoms with van der Waals surface area (Å²) in [6.45, 7) is 0. The highest BCUT2D eigenvalue weighted by Crippen LogP contribution is 2.25. The predicted molar refractivity (Wildman–Crippen MR) is 72.7 cm³/mol. The SMILES string of the molecule is Oc1ccc2ccccc2c1/C=N/NC1NNNN1. The molecule has 6 N–H and O–H groups in total. The maximum Gasteiger partial charge on any atom is 0.175 e. The van der Waals surface area contributed by atoms with Crippen LogP contribution < -0.4 is 27.3 Å². The molecule has 19 heavy (non-hydrogen) atoms. The third kappa shape index (κ3) is 2.49. The number of nitrogens with zero attached hydrogens (tertiary/aromatic N) is 1. The molecule has 2 aromatic rings. The summed E-state index contributed by atoms with van der Waals surface area (Å²) >= 11 is 0. The summed E-state index contributed by atoms with van der Waals surface area (Å²) in [6, 6.07) is 11.4. The van der Waals surface area contributed by atoms with Crippen molar-refractivity contribution in [2.24, 2.45) is 5.10 Å². The second-order valence-corrected chi connectivity index (χ2v) is 4.08. The summed E-state index contributed by atoms with van der Waals surface area (Å²) in [6.07, 6.45) is 1.37. The van der Waals surface area contributed by atoms with E-state index in [4.69, 9.17) is 0 Å². The van der Waals surface area contributed by atoms with Crippen molar-refractivity contribution >= 4 is 17.0 Å². The molecule has 0 atom stereocenters. The molecule has 0 unspecified atom stereocenters. The smallest absolute Gasteiger partial charge is 0.175 e. The lowest BCUT2D eigenvalue weighted by Gasteiger charge is -2.08. The van der Waals surface area contributed by atoms with Gasteiger partial charge in [-0.25, -0.2) is 10.9 Å². The first-order chi connectivity index (χ1) is 9.34. The first-order valence-corrected chi connectivity index (χ1v) is 5.85. The molecule has 1 aliphatic heterocycles. The van der Waals surface area contributed by atoms with Crippen LogP contribution >= 0.6 is 0 Å². The number of phenols is 1. The Morgan fingerprint density at radius 1 is 1.11 bits per heavy atom. The van der Waals surface area contributed by atoms with Gasteiger partial charge in [0.15, 0.2) is 6.29 Å². The molecule has 1 aliphatic rings. The van der Waals surface area contributed by atoms with Crippen molar-refractivity contribution in [3.05, 3.63) is 42.0 Å². The highest BCUT2D eigenvalue weighted by Gasteiger charge is 2.09. The number of benzene rings is 2. The van der Waals surface area contributed by atoms with Crippen LogP contribution in [0.1, 0.15) is 5.56 Å². The molecule has 0 saturated carbocycles. The van der Waals surface area contributed by atoms with Crippen LogP contribution in [0.15, 0.2) is 41.5 Å². The molecule has 0 amide bonds. The molecule has 0 aliphatic carbocycles. The van der Waals surface area contributed by atoms with Gasteiger partial charge in [0.05, 0.1) is 6.21 Å². The largest absolute Gasteiger partial charge is 0.507 e. The van der Waals surface area contributed by atoms with Crippen LogP contribution in [0.25, 0.3) is 10.8 Å². The van der Waals surface area contributed by atoms with Crippen LogP contribution in [-0.2, 0) is 0 Å². The van der Waals surface area contributed by atoms with Crippen molar-refractivity contribution in [3.8, 4) is 5.75 Å². The highest BCUT2D eigenvalue weighted by atomic mass is 16.3. The lowest BCUT2D eigenvalue weighted by atomic mass is 10.0. The van der Waals surface area contributed by atoms with E-state index < -0.39 is 0 Å². The van der Waals surface area contributed by atoms with Crippen molar-refractivity contribution in [2.45, 2.75) is 6.29 Å². The Bertz CT molecular complexity index is 608. The summed E-state index contributed by atoms with van der Waals surface area (Å²) in [7, 11) is 0. The van der Waals surface area contributed by atoms with E-state index in [1.807, 2.05) is 30.3 Å². The third-order valence-corrected chi connectivity index (χ3v) is 2.84. The Morgan fingerprint density at radius 2 is 1.89 bits per heavy atom. The minimum atomic E-state index is -0.228. The van der Waals surface area contributed by atoms with Gasteiger partial charge in [-0.3, -0.25) is 5.43 Å².